The molecule has 0 aliphatic carbocycles. The fraction of sp³-hybridized carbons (Fsp3) is 0.212. The molecule has 3 aromatic carbocycles. The van der Waals surface area contributed by atoms with Gasteiger partial charge >= 0.3 is 6.03 Å². The minimum absolute atomic E-state index is 0.259. The number of hydrogen-bond donors (Lipinski definition) is 2. The first-order valence-electron chi connectivity index (χ1n) is 14.1. The molecule has 11 nitrogen and oxygen atoms in total. The van der Waals surface area contributed by atoms with Crippen LogP contribution in [-0.4, -0.2) is 44.2 Å². The molecule has 222 valence electrons. The monoisotopic (exact) mass is 589 g/mol. The minimum atomic E-state index is -1.04. The van der Waals surface area contributed by atoms with Crippen LogP contribution in [0.5, 0.6) is 17.4 Å². The van der Waals surface area contributed by atoms with Crippen LogP contribution in [-0.2, 0) is 11.3 Å². The third kappa shape index (κ3) is 5.47. The lowest BCUT2D eigenvalue weighted by Crippen LogP contribution is -2.48. The minimum Gasteiger partial charge on any atom is -0.497 e. The molecule has 5 aromatic rings. The predicted octanol–water partition coefficient (Wildman–Crippen LogP) is 5.33. The standard InChI is InChI=1S/C33H31N7O4/c1-20-37-38-39-40(20)23-13-11-22(12-14-23)27-18-17-26-29(25-7-5-6-8-28(25)44-30(26)35-27)33(2,3)31(41)36-32(42)34-19-21-9-15-24(43-4)16-10-21/h5-18,29H,19H2,1-4H3,(H2,34,36,41,42). The number of aromatic nitrogens is 5. The number of carbonyl (C=O) groups excluding carboxylic acids is 2. The summed E-state index contributed by atoms with van der Waals surface area (Å²) in [5.74, 6) is 1.59. The van der Waals surface area contributed by atoms with E-state index in [0.29, 0.717) is 23.1 Å². The highest BCUT2D eigenvalue weighted by atomic mass is 16.5. The van der Waals surface area contributed by atoms with Crippen molar-refractivity contribution in [1.82, 2.24) is 35.8 Å². The van der Waals surface area contributed by atoms with Gasteiger partial charge in [-0.25, -0.2) is 9.78 Å². The molecule has 3 amide bonds. The van der Waals surface area contributed by atoms with E-state index >= 15 is 0 Å². The fourth-order valence-corrected chi connectivity index (χ4v) is 5.38. The smallest absolute Gasteiger partial charge is 0.321 e. The second-order valence-electron chi connectivity index (χ2n) is 11.1. The van der Waals surface area contributed by atoms with Gasteiger partial charge in [-0.05, 0) is 59.3 Å². The molecule has 0 saturated heterocycles. The molecule has 6 rings (SSSR count). The second kappa shape index (κ2) is 11.6. The number of amides is 3. The summed E-state index contributed by atoms with van der Waals surface area (Å²) >= 11 is 0. The molecule has 0 radical (unpaired) electrons. The predicted molar refractivity (Wildman–Crippen MR) is 163 cm³/mol. The summed E-state index contributed by atoms with van der Waals surface area (Å²) < 4.78 is 13.1. The van der Waals surface area contributed by atoms with E-state index in [9.17, 15) is 9.59 Å². The summed E-state index contributed by atoms with van der Waals surface area (Å²) in [6.07, 6.45) is 0. The van der Waals surface area contributed by atoms with Crippen LogP contribution in [0.4, 0.5) is 4.79 Å². The van der Waals surface area contributed by atoms with Crippen molar-refractivity contribution in [2.75, 3.05) is 7.11 Å². The largest absolute Gasteiger partial charge is 0.497 e. The van der Waals surface area contributed by atoms with E-state index in [1.165, 1.54) is 0 Å². The Labute approximate surface area is 254 Å². The van der Waals surface area contributed by atoms with Gasteiger partial charge in [0, 0.05) is 29.2 Å². The third-order valence-corrected chi connectivity index (χ3v) is 7.82. The Kier molecular flexibility index (Phi) is 7.52. The van der Waals surface area contributed by atoms with Crippen LogP contribution in [0.1, 0.15) is 42.3 Å². The highest BCUT2D eigenvalue weighted by molar-refractivity contribution is 5.98. The van der Waals surface area contributed by atoms with Gasteiger partial charge < -0.3 is 14.8 Å². The maximum absolute atomic E-state index is 13.7. The zero-order valence-corrected chi connectivity index (χ0v) is 24.7. The van der Waals surface area contributed by atoms with Crippen molar-refractivity contribution in [3.63, 3.8) is 0 Å². The molecule has 3 heterocycles. The van der Waals surface area contributed by atoms with Gasteiger partial charge in [-0.2, -0.15) is 4.68 Å². The SMILES string of the molecule is COc1ccc(CNC(=O)NC(=O)C(C)(C)C2c3ccccc3Oc3nc(-c4ccc(-n5nnnc5C)cc4)ccc32)cc1. The molecule has 44 heavy (non-hydrogen) atoms. The molecule has 0 bridgehead atoms. The van der Waals surface area contributed by atoms with Crippen LogP contribution in [0.15, 0.2) is 84.9 Å². The lowest BCUT2D eigenvalue weighted by Gasteiger charge is -2.37. The van der Waals surface area contributed by atoms with Crippen molar-refractivity contribution in [1.29, 1.82) is 0 Å². The average Bonchev–Trinajstić information content (AvgIpc) is 3.48. The molecule has 1 aliphatic rings. The van der Waals surface area contributed by atoms with Gasteiger partial charge in [-0.3, -0.25) is 10.1 Å². The van der Waals surface area contributed by atoms with Gasteiger partial charge in [0.05, 0.1) is 23.9 Å². The molecule has 11 heteroatoms. The third-order valence-electron chi connectivity index (χ3n) is 7.82. The number of aryl methyl sites for hydroxylation is 1. The summed E-state index contributed by atoms with van der Waals surface area (Å²) in [5, 5.41) is 17.0. The van der Waals surface area contributed by atoms with Gasteiger partial charge in [0.1, 0.15) is 11.5 Å². The van der Waals surface area contributed by atoms with Gasteiger partial charge in [0.15, 0.2) is 5.82 Å². The first-order chi connectivity index (χ1) is 21.2. The van der Waals surface area contributed by atoms with Crippen LogP contribution in [0.25, 0.3) is 16.9 Å². The summed E-state index contributed by atoms with van der Waals surface area (Å²) in [7, 11) is 1.59. The number of hydrogen-bond acceptors (Lipinski definition) is 8. The first-order valence-corrected chi connectivity index (χ1v) is 14.1. The molecule has 1 atom stereocenters. The number of nitrogens with zero attached hydrogens (tertiary/aromatic N) is 5. The number of benzene rings is 3. The Hall–Kier alpha value is -5.58. The number of urea groups is 1. The Morgan fingerprint density at radius 3 is 2.41 bits per heavy atom. The van der Waals surface area contributed by atoms with E-state index in [1.807, 2.05) is 106 Å². The molecule has 0 fully saturated rings. The number of imide groups is 1. The lowest BCUT2D eigenvalue weighted by molar-refractivity contribution is -0.128. The number of rotatable bonds is 7. The normalized spacial score (nSPS) is 13.7. The van der Waals surface area contributed by atoms with E-state index in [1.54, 1.807) is 11.8 Å². The molecule has 0 spiro atoms. The topological polar surface area (TPSA) is 133 Å². The summed E-state index contributed by atoms with van der Waals surface area (Å²) in [5.41, 5.74) is 3.86. The quantitative estimate of drug-likeness (QED) is 0.260. The number of ether oxygens (including phenoxy) is 2. The summed E-state index contributed by atoms with van der Waals surface area (Å²) in [4.78, 5) is 31.3. The highest BCUT2D eigenvalue weighted by Crippen LogP contribution is 2.51. The van der Waals surface area contributed by atoms with Gasteiger partial charge in [0.25, 0.3) is 0 Å². The maximum Gasteiger partial charge on any atom is 0.321 e. The van der Waals surface area contributed by atoms with Gasteiger partial charge in [0.2, 0.25) is 11.8 Å². The zero-order chi connectivity index (χ0) is 30.8. The molecule has 2 aromatic heterocycles. The molecule has 0 saturated carbocycles. The summed E-state index contributed by atoms with van der Waals surface area (Å²) in [6.45, 7) is 5.74. The number of methoxy groups -OCH3 is 1. The number of pyridine rings is 1. The average molecular weight is 590 g/mol. The molecular formula is C33H31N7O4. The Balaban J connectivity index is 1.24. The van der Waals surface area contributed by atoms with Crippen molar-refractivity contribution in [3.05, 3.63) is 107 Å². The summed E-state index contributed by atoms with van der Waals surface area (Å²) in [6, 6.07) is 25.9. The first kappa shape index (κ1) is 28.5. The molecule has 2 N–H and O–H groups in total. The number of nitrogens with one attached hydrogen (secondary N) is 2. The van der Waals surface area contributed by atoms with Crippen molar-refractivity contribution in [2.45, 2.75) is 33.2 Å². The number of fused-ring (bicyclic) bond motifs is 2. The van der Waals surface area contributed by atoms with Gasteiger partial charge in [-0.15, -0.1) is 5.10 Å². The molecule has 1 unspecified atom stereocenters. The van der Waals surface area contributed by atoms with E-state index < -0.39 is 23.3 Å². The second-order valence-corrected chi connectivity index (χ2v) is 11.1. The van der Waals surface area contributed by atoms with Gasteiger partial charge in [-0.1, -0.05) is 62.4 Å². The Morgan fingerprint density at radius 2 is 1.70 bits per heavy atom. The van der Waals surface area contributed by atoms with E-state index in [0.717, 1.165) is 33.7 Å². The zero-order valence-electron chi connectivity index (χ0n) is 24.7. The van der Waals surface area contributed by atoms with Crippen LogP contribution in [0.2, 0.25) is 0 Å². The fourth-order valence-electron chi connectivity index (χ4n) is 5.38. The number of carbonyl (C=O) groups is 2. The lowest BCUT2D eigenvalue weighted by atomic mass is 9.69. The molecule has 1 aliphatic heterocycles. The van der Waals surface area contributed by atoms with Crippen molar-refractivity contribution in [3.8, 4) is 34.3 Å². The van der Waals surface area contributed by atoms with Crippen molar-refractivity contribution < 1.29 is 19.1 Å². The number of para-hydroxylation sites is 1. The van der Waals surface area contributed by atoms with E-state index in [-0.39, 0.29) is 6.54 Å². The van der Waals surface area contributed by atoms with Crippen LogP contribution in [0.3, 0.4) is 0 Å². The van der Waals surface area contributed by atoms with Crippen molar-refractivity contribution >= 4 is 11.9 Å². The van der Waals surface area contributed by atoms with E-state index in [2.05, 4.69) is 26.2 Å². The highest BCUT2D eigenvalue weighted by Gasteiger charge is 2.44. The Bertz CT molecular complexity index is 1830. The van der Waals surface area contributed by atoms with Crippen LogP contribution >= 0.6 is 0 Å². The van der Waals surface area contributed by atoms with E-state index in [4.69, 9.17) is 14.5 Å². The Morgan fingerprint density at radius 1 is 0.955 bits per heavy atom. The molecular weight excluding hydrogens is 558 g/mol. The maximum atomic E-state index is 13.7. The van der Waals surface area contributed by atoms with Crippen LogP contribution < -0.4 is 20.1 Å². The van der Waals surface area contributed by atoms with Crippen molar-refractivity contribution in [2.24, 2.45) is 5.41 Å². The van der Waals surface area contributed by atoms with Crippen LogP contribution in [0, 0.1) is 12.3 Å². The number of tetrazole rings is 1.